The number of anilines is 1. The molecule has 2 rings (SSSR count). The molecule has 1 aromatic heterocycles. The maximum absolute atomic E-state index is 5.85. The molecule has 1 aliphatic rings. The van der Waals surface area contributed by atoms with Crippen molar-refractivity contribution in [3.63, 3.8) is 0 Å². The van der Waals surface area contributed by atoms with Crippen molar-refractivity contribution in [1.82, 2.24) is 4.98 Å². The summed E-state index contributed by atoms with van der Waals surface area (Å²) in [5.41, 5.74) is 2.13. The Labute approximate surface area is 108 Å². The van der Waals surface area contributed by atoms with Gasteiger partial charge in [0.15, 0.2) is 0 Å². The molecule has 0 aliphatic carbocycles. The van der Waals surface area contributed by atoms with E-state index in [4.69, 9.17) is 16.3 Å². The molecular weight excluding hydrogens is 236 g/mol. The van der Waals surface area contributed by atoms with Crippen molar-refractivity contribution in [2.45, 2.75) is 32.2 Å². The first-order valence-electron chi connectivity index (χ1n) is 6.13. The highest BCUT2D eigenvalue weighted by Gasteiger charge is 2.22. The van der Waals surface area contributed by atoms with Gasteiger partial charge in [-0.2, -0.15) is 0 Å². The van der Waals surface area contributed by atoms with Crippen molar-refractivity contribution >= 4 is 17.4 Å². The summed E-state index contributed by atoms with van der Waals surface area (Å²) >= 11 is 5.85. The quantitative estimate of drug-likeness (QED) is 0.776. The predicted octanol–water partition coefficient (Wildman–Crippen LogP) is 2.74. The number of hydrogen-bond acceptors (Lipinski definition) is 3. The van der Waals surface area contributed by atoms with Gasteiger partial charge in [-0.05, 0) is 25.0 Å². The Bertz CT molecular complexity index is 384. The Hall–Kier alpha value is -0.800. The maximum atomic E-state index is 5.85. The third-order valence-electron chi connectivity index (χ3n) is 3.32. The number of morpholine rings is 1. The number of rotatable bonds is 3. The predicted molar refractivity (Wildman–Crippen MR) is 70.8 cm³/mol. The molecule has 0 N–H and O–H groups in total. The summed E-state index contributed by atoms with van der Waals surface area (Å²) in [6.45, 7) is 6.71. The van der Waals surface area contributed by atoms with Gasteiger partial charge in [-0.25, -0.2) is 4.98 Å². The van der Waals surface area contributed by atoms with E-state index in [1.54, 1.807) is 0 Å². The molecule has 94 valence electrons. The number of pyridine rings is 1. The second-order valence-corrected chi connectivity index (χ2v) is 4.65. The molecule has 1 unspecified atom stereocenters. The lowest BCUT2D eigenvalue weighted by molar-refractivity contribution is 0.0925. The molecule has 0 saturated carbocycles. The second kappa shape index (κ2) is 5.69. The molecule has 0 amide bonds. The van der Waals surface area contributed by atoms with Gasteiger partial charge in [-0.3, -0.25) is 0 Å². The highest BCUT2D eigenvalue weighted by atomic mass is 35.5. The molecule has 1 atom stereocenters. The van der Waals surface area contributed by atoms with Crippen LogP contribution in [-0.2, 0) is 10.6 Å². The fraction of sp³-hybridized carbons (Fsp3) is 0.615. The first kappa shape index (κ1) is 12.7. The van der Waals surface area contributed by atoms with Gasteiger partial charge in [0, 0.05) is 18.1 Å². The lowest BCUT2D eigenvalue weighted by Gasteiger charge is -2.36. The standard InChI is InChI=1S/C13H19ClN2O/c1-3-12-9-17-7-6-16(12)13-5-4-11(8-14)10(2)15-13/h4-5,12H,3,6-9H2,1-2H3. The van der Waals surface area contributed by atoms with Crippen molar-refractivity contribution in [3.8, 4) is 0 Å². The summed E-state index contributed by atoms with van der Waals surface area (Å²) in [6, 6.07) is 4.59. The third kappa shape index (κ3) is 2.72. The van der Waals surface area contributed by atoms with Gasteiger partial charge in [0.05, 0.1) is 19.3 Å². The van der Waals surface area contributed by atoms with Crippen LogP contribution in [0.5, 0.6) is 0 Å². The van der Waals surface area contributed by atoms with E-state index in [2.05, 4.69) is 28.9 Å². The van der Waals surface area contributed by atoms with E-state index in [1.165, 1.54) is 0 Å². The van der Waals surface area contributed by atoms with Gasteiger partial charge in [-0.1, -0.05) is 13.0 Å². The molecule has 1 saturated heterocycles. The topological polar surface area (TPSA) is 25.4 Å². The lowest BCUT2D eigenvalue weighted by Crippen LogP contribution is -2.45. The number of ether oxygens (including phenoxy) is 1. The van der Waals surface area contributed by atoms with E-state index >= 15 is 0 Å². The van der Waals surface area contributed by atoms with Crippen molar-refractivity contribution in [2.24, 2.45) is 0 Å². The molecule has 17 heavy (non-hydrogen) atoms. The van der Waals surface area contributed by atoms with Gasteiger partial charge in [0.1, 0.15) is 5.82 Å². The van der Waals surface area contributed by atoms with Crippen LogP contribution in [0.3, 0.4) is 0 Å². The van der Waals surface area contributed by atoms with E-state index in [-0.39, 0.29) is 0 Å². The van der Waals surface area contributed by atoms with Gasteiger partial charge in [-0.15, -0.1) is 11.6 Å². The van der Waals surface area contributed by atoms with Crippen LogP contribution in [0.25, 0.3) is 0 Å². The Balaban J connectivity index is 2.23. The highest BCUT2D eigenvalue weighted by molar-refractivity contribution is 6.17. The molecular formula is C13H19ClN2O. The Kier molecular flexibility index (Phi) is 4.24. The molecule has 2 heterocycles. The van der Waals surface area contributed by atoms with Crippen molar-refractivity contribution in [1.29, 1.82) is 0 Å². The molecule has 1 fully saturated rings. The normalized spacial score (nSPS) is 20.6. The van der Waals surface area contributed by atoms with Crippen molar-refractivity contribution in [3.05, 3.63) is 23.4 Å². The summed E-state index contributed by atoms with van der Waals surface area (Å²) in [4.78, 5) is 6.99. The minimum absolute atomic E-state index is 0.442. The van der Waals surface area contributed by atoms with Crippen LogP contribution in [0.15, 0.2) is 12.1 Å². The zero-order valence-electron chi connectivity index (χ0n) is 10.4. The Morgan fingerprint density at radius 2 is 2.35 bits per heavy atom. The zero-order valence-corrected chi connectivity index (χ0v) is 11.2. The van der Waals surface area contributed by atoms with E-state index in [1.807, 2.05) is 6.92 Å². The SMILES string of the molecule is CCC1COCCN1c1ccc(CCl)c(C)n1. The number of nitrogens with zero attached hydrogens (tertiary/aromatic N) is 2. The Morgan fingerprint density at radius 1 is 1.53 bits per heavy atom. The smallest absolute Gasteiger partial charge is 0.129 e. The summed E-state index contributed by atoms with van der Waals surface area (Å²) in [6.07, 6.45) is 1.08. The van der Waals surface area contributed by atoms with E-state index < -0.39 is 0 Å². The molecule has 0 radical (unpaired) electrons. The monoisotopic (exact) mass is 254 g/mol. The zero-order chi connectivity index (χ0) is 12.3. The van der Waals surface area contributed by atoms with Gasteiger partial charge < -0.3 is 9.64 Å². The second-order valence-electron chi connectivity index (χ2n) is 4.38. The van der Waals surface area contributed by atoms with Crippen LogP contribution in [0.1, 0.15) is 24.6 Å². The molecule has 3 nitrogen and oxygen atoms in total. The summed E-state index contributed by atoms with van der Waals surface area (Å²) in [5, 5.41) is 0. The summed E-state index contributed by atoms with van der Waals surface area (Å²) in [5.74, 6) is 1.57. The van der Waals surface area contributed by atoms with Crippen LogP contribution in [0, 0.1) is 6.92 Å². The number of aromatic nitrogens is 1. The average Bonchev–Trinajstić information content (AvgIpc) is 2.38. The number of halogens is 1. The molecule has 0 spiro atoms. The first-order chi connectivity index (χ1) is 8.26. The molecule has 4 heteroatoms. The fourth-order valence-electron chi connectivity index (χ4n) is 2.17. The third-order valence-corrected chi connectivity index (χ3v) is 3.61. The molecule has 0 bridgehead atoms. The van der Waals surface area contributed by atoms with Crippen LogP contribution in [0.4, 0.5) is 5.82 Å². The number of hydrogen-bond donors (Lipinski definition) is 0. The first-order valence-corrected chi connectivity index (χ1v) is 6.66. The molecule has 0 aromatic carbocycles. The largest absolute Gasteiger partial charge is 0.377 e. The summed E-state index contributed by atoms with van der Waals surface area (Å²) < 4.78 is 5.51. The average molecular weight is 255 g/mol. The Morgan fingerprint density at radius 3 is 3.00 bits per heavy atom. The van der Waals surface area contributed by atoms with Crippen molar-refractivity contribution < 1.29 is 4.74 Å². The minimum Gasteiger partial charge on any atom is -0.377 e. The minimum atomic E-state index is 0.442. The van der Waals surface area contributed by atoms with Crippen LogP contribution >= 0.6 is 11.6 Å². The van der Waals surface area contributed by atoms with Crippen LogP contribution < -0.4 is 4.90 Å². The van der Waals surface area contributed by atoms with Crippen LogP contribution in [-0.4, -0.2) is 30.8 Å². The summed E-state index contributed by atoms with van der Waals surface area (Å²) in [7, 11) is 0. The fourth-order valence-corrected chi connectivity index (χ4v) is 2.45. The van der Waals surface area contributed by atoms with E-state index in [0.717, 1.165) is 43.3 Å². The van der Waals surface area contributed by atoms with Crippen molar-refractivity contribution in [2.75, 3.05) is 24.7 Å². The number of aryl methyl sites for hydroxylation is 1. The van der Waals surface area contributed by atoms with Gasteiger partial charge in [0.25, 0.3) is 0 Å². The molecule has 1 aromatic rings. The molecule has 1 aliphatic heterocycles. The van der Waals surface area contributed by atoms with Crippen LogP contribution in [0.2, 0.25) is 0 Å². The van der Waals surface area contributed by atoms with Gasteiger partial charge in [0.2, 0.25) is 0 Å². The maximum Gasteiger partial charge on any atom is 0.129 e. The lowest BCUT2D eigenvalue weighted by atomic mass is 10.1. The van der Waals surface area contributed by atoms with E-state index in [9.17, 15) is 0 Å². The van der Waals surface area contributed by atoms with Gasteiger partial charge >= 0.3 is 0 Å². The number of alkyl halides is 1. The highest BCUT2D eigenvalue weighted by Crippen LogP contribution is 2.21. The van der Waals surface area contributed by atoms with E-state index in [0.29, 0.717) is 11.9 Å².